The first-order chi connectivity index (χ1) is 7.59. The molecular weight excluding hydrogens is 228 g/mol. The van der Waals surface area contributed by atoms with Crippen LogP contribution in [0.4, 0.5) is 0 Å². The van der Waals surface area contributed by atoms with Gasteiger partial charge in [-0.05, 0) is 24.4 Å². The van der Waals surface area contributed by atoms with Crippen LogP contribution in [0.2, 0.25) is 0 Å². The first kappa shape index (κ1) is 12.1. The van der Waals surface area contributed by atoms with E-state index in [9.17, 15) is 14.7 Å². The molecule has 6 heteroatoms. The standard InChI is InChI=1S/C10H10N2O3S/c13-8(14)6-11-10(16)12-9(15)7-4-2-1-3-5-7/h1-5H,6H2,(H,13,14)(H2,11,12,15,16)/p-1. The lowest BCUT2D eigenvalue weighted by Gasteiger charge is -2.09. The maximum Gasteiger partial charge on any atom is 0.257 e. The predicted molar refractivity (Wildman–Crippen MR) is 59.5 cm³/mol. The third-order valence-corrected chi connectivity index (χ3v) is 1.90. The summed E-state index contributed by atoms with van der Waals surface area (Å²) in [7, 11) is 0. The largest absolute Gasteiger partial charge is 0.548 e. The van der Waals surface area contributed by atoms with Gasteiger partial charge in [0.1, 0.15) is 0 Å². The monoisotopic (exact) mass is 237 g/mol. The molecular formula is C10H9N2O3S-. The Morgan fingerprint density at radius 1 is 1.25 bits per heavy atom. The van der Waals surface area contributed by atoms with Crippen molar-refractivity contribution in [3.05, 3.63) is 35.9 Å². The van der Waals surface area contributed by atoms with Gasteiger partial charge in [0.05, 0.1) is 12.5 Å². The molecule has 0 bridgehead atoms. The topological polar surface area (TPSA) is 81.3 Å². The maximum absolute atomic E-state index is 11.5. The highest BCUT2D eigenvalue weighted by atomic mass is 32.1. The van der Waals surface area contributed by atoms with Crippen molar-refractivity contribution in [3.8, 4) is 0 Å². The first-order valence-electron chi connectivity index (χ1n) is 4.43. The molecule has 16 heavy (non-hydrogen) atoms. The number of carbonyl (C=O) groups excluding carboxylic acids is 2. The molecule has 1 aromatic carbocycles. The molecule has 0 saturated heterocycles. The van der Waals surface area contributed by atoms with Gasteiger partial charge < -0.3 is 15.2 Å². The van der Waals surface area contributed by atoms with Gasteiger partial charge in [-0.3, -0.25) is 10.1 Å². The minimum absolute atomic E-state index is 0.0435. The summed E-state index contributed by atoms with van der Waals surface area (Å²) >= 11 is 4.71. The summed E-state index contributed by atoms with van der Waals surface area (Å²) in [6.45, 7) is -0.437. The Morgan fingerprint density at radius 2 is 1.88 bits per heavy atom. The normalized spacial score (nSPS) is 9.25. The Balaban J connectivity index is 2.46. The minimum atomic E-state index is -1.30. The SMILES string of the molecule is O=C([O-])CNC(=S)NC(=O)c1ccccc1. The zero-order chi connectivity index (χ0) is 12.0. The van der Waals surface area contributed by atoms with Gasteiger partial charge in [0.25, 0.3) is 5.91 Å². The van der Waals surface area contributed by atoms with Crippen LogP contribution >= 0.6 is 12.2 Å². The van der Waals surface area contributed by atoms with E-state index >= 15 is 0 Å². The lowest BCUT2D eigenvalue weighted by molar-refractivity contribution is -0.303. The van der Waals surface area contributed by atoms with Crippen molar-refractivity contribution in [1.29, 1.82) is 0 Å². The Bertz CT molecular complexity index is 406. The summed E-state index contributed by atoms with van der Waals surface area (Å²) in [4.78, 5) is 21.6. The van der Waals surface area contributed by atoms with E-state index in [2.05, 4.69) is 10.6 Å². The molecule has 0 aliphatic carbocycles. The Labute approximate surface area is 97.5 Å². The molecule has 84 valence electrons. The van der Waals surface area contributed by atoms with Gasteiger partial charge in [0.15, 0.2) is 5.11 Å². The van der Waals surface area contributed by atoms with Gasteiger partial charge in [-0.15, -0.1) is 0 Å². The predicted octanol–water partition coefficient (Wildman–Crippen LogP) is -0.959. The lowest BCUT2D eigenvalue weighted by Crippen LogP contribution is -2.44. The Kier molecular flexibility index (Phi) is 4.41. The average Bonchev–Trinajstić information content (AvgIpc) is 2.27. The zero-order valence-electron chi connectivity index (χ0n) is 8.23. The zero-order valence-corrected chi connectivity index (χ0v) is 9.04. The number of nitrogens with one attached hydrogen (secondary N) is 2. The molecule has 0 aliphatic rings. The molecule has 0 heterocycles. The fraction of sp³-hybridized carbons (Fsp3) is 0.100. The molecule has 0 radical (unpaired) electrons. The number of amides is 1. The quantitative estimate of drug-likeness (QED) is 0.662. The highest BCUT2D eigenvalue weighted by Gasteiger charge is 2.05. The van der Waals surface area contributed by atoms with Crippen LogP contribution < -0.4 is 15.7 Å². The van der Waals surface area contributed by atoms with Crippen LogP contribution in [0.1, 0.15) is 10.4 Å². The highest BCUT2D eigenvalue weighted by molar-refractivity contribution is 7.80. The van der Waals surface area contributed by atoms with E-state index in [4.69, 9.17) is 12.2 Å². The molecule has 1 aromatic rings. The van der Waals surface area contributed by atoms with Crippen LogP contribution in [0.15, 0.2) is 30.3 Å². The van der Waals surface area contributed by atoms with Crippen molar-refractivity contribution in [1.82, 2.24) is 10.6 Å². The number of carbonyl (C=O) groups is 2. The molecule has 0 saturated carbocycles. The summed E-state index contributed by atoms with van der Waals surface area (Å²) in [5, 5.41) is 14.7. The van der Waals surface area contributed by atoms with Crippen molar-refractivity contribution in [2.24, 2.45) is 0 Å². The summed E-state index contributed by atoms with van der Waals surface area (Å²) in [5.74, 6) is -1.69. The second kappa shape index (κ2) is 5.82. The van der Waals surface area contributed by atoms with Crippen LogP contribution in [0, 0.1) is 0 Å². The Hall–Kier alpha value is -1.95. The van der Waals surface area contributed by atoms with E-state index in [0.717, 1.165) is 0 Å². The Morgan fingerprint density at radius 3 is 2.44 bits per heavy atom. The molecule has 0 unspecified atom stereocenters. The van der Waals surface area contributed by atoms with Gasteiger partial charge in [-0.25, -0.2) is 0 Å². The number of carboxylic acid groups (broad SMARTS) is 1. The molecule has 0 spiro atoms. The number of rotatable bonds is 3. The van der Waals surface area contributed by atoms with Crippen LogP contribution in [0.25, 0.3) is 0 Å². The van der Waals surface area contributed by atoms with E-state index < -0.39 is 18.4 Å². The number of benzene rings is 1. The van der Waals surface area contributed by atoms with E-state index in [1.165, 1.54) is 0 Å². The average molecular weight is 237 g/mol. The molecule has 0 aromatic heterocycles. The number of hydrogen-bond donors (Lipinski definition) is 2. The van der Waals surface area contributed by atoms with Crippen molar-refractivity contribution >= 4 is 29.2 Å². The molecule has 1 amide bonds. The molecule has 0 fully saturated rings. The molecule has 2 N–H and O–H groups in total. The van der Waals surface area contributed by atoms with Gasteiger partial charge >= 0.3 is 0 Å². The highest BCUT2D eigenvalue weighted by Crippen LogP contribution is 1.97. The summed E-state index contributed by atoms with van der Waals surface area (Å²) in [6, 6.07) is 8.45. The van der Waals surface area contributed by atoms with E-state index in [0.29, 0.717) is 5.56 Å². The van der Waals surface area contributed by atoms with Gasteiger partial charge in [0, 0.05) is 5.56 Å². The van der Waals surface area contributed by atoms with E-state index in [1.54, 1.807) is 30.3 Å². The second-order valence-electron chi connectivity index (χ2n) is 2.87. The van der Waals surface area contributed by atoms with Crippen molar-refractivity contribution < 1.29 is 14.7 Å². The van der Waals surface area contributed by atoms with E-state index in [1.807, 2.05) is 0 Å². The van der Waals surface area contributed by atoms with Crippen LogP contribution in [-0.4, -0.2) is 23.5 Å². The third-order valence-electron chi connectivity index (χ3n) is 1.66. The third kappa shape index (κ3) is 4.05. The smallest absolute Gasteiger partial charge is 0.257 e. The number of aliphatic carboxylic acids is 1. The summed E-state index contributed by atoms with van der Waals surface area (Å²) in [5.41, 5.74) is 0.445. The second-order valence-corrected chi connectivity index (χ2v) is 3.28. The fourth-order valence-electron chi connectivity index (χ4n) is 0.961. The lowest BCUT2D eigenvalue weighted by atomic mass is 10.2. The minimum Gasteiger partial charge on any atom is -0.548 e. The van der Waals surface area contributed by atoms with Crippen LogP contribution in [0.3, 0.4) is 0 Å². The summed E-state index contributed by atoms with van der Waals surface area (Å²) < 4.78 is 0. The molecule has 0 atom stereocenters. The molecule has 1 rings (SSSR count). The first-order valence-corrected chi connectivity index (χ1v) is 4.84. The van der Waals surface area contributed by atoms with Crippen LogP contribution in [-0.2, 0) is 4.79 Å². The number of carboxylic acids is 1. The van der Waals surface area contributed by atoms with Gasteiger partial charge in [-0.2, -0.15) is 0 Å². The van der Waals surface area contributed by atoms with Gasteiger partial charge in [0.2, 0.25) is 0 Å². The van der Waals surface area contributed by atoms with Crippen LogP contribution in [0.5, 0.6) is 0 Å². The number of thiocarbonyl (C=S) groups is 1. The van der Waals surface area contributed by atoms with Crippen molar-refractivity contribution in [3.63, 3.8) is 0 Å². The van der Waals surface area contributed by atoms with Crippen molar-refractivity contribution in [2.75, 3.05) is 6.54 Å². The fourth-order valence-corrected chi connectivity index (χ4v) is 1.13. The summed E-state index contributed by atoms with van der Waals surface area (Å²) in [6.07, 6.45) is 0. The van der Waals surface area contributed by atoms with Gasteiger partial charge in [-0.1, -0.05) is 18.2 Å². The van der Waals surface area contributed by atoms with E-state index in [-0.39, 0.29) is 5.11 Å². The molecule has 0 aliphatic heterocycles. The van der Waals surface area contributed by atoms with Crippen molar-refractivity contribution in [2.45, 2.75) is 0 Å². The molecule has 5 nitrogen and oxygen atoms in total. The maximum atomic E-state index is 11.5. The number of hydrogen-bond acceptors (Lipinski definition) is 4.